The molecule has 0 radical (unpaired) electrons. The summed E-state index contributed by atoms with van der Waals surface area (Å²) in [5.74, 6) is -0.242. The van der Waals surface area contributed by atoms with Gasteiger partial charge in [-0.3, -0.25) is 4.79 Å². The highest BCUT2D eigenvalue weighted by Crippen LogP contribution is 2.16. The minimum Gasteiger partial charge on any atom is -0.392 e. The Morgan fingerprint density at radius 2 is 2.07 bits per heavy atom. The molecule has 2 unspecified atom stereocenters. The molecule has 0 heterocycles. The summed E-state index contributed by atoms with van der Waals surface area (Å²) in [5.41, 5.74) is 0. The van der Waals surface area contributed by atoms with Gasteiger partial charge in [0, 0.05) is 5.92 Å². The second-order valence-corrected chi connectivity index (χ2v) is 3.53. The van der Waals surface area contributed by atoms with Crippen LogP contribution in [0.25, 0.3) is 0 Å². The van der Waals surface area contributed by atoms with Crippen molar-refractivity contribution in [3.8, 4) is 0 Å². The Kier molecular flexibility index (Phi) is 7.03. The molecular formula is C12H20O2. The van der Waals surface area contributed by atoms with E-state index in [1.54, 1.807) is 6.08 Å². The predicted octanol–water partition coefficient (Wildman–Crippen LogP) is 2.48. The van der Waals surface area contributed by atoms with E-state index in [1.165, 1.54) is 6.92 Å². The number of carbonyl (C=O) groups is 1. The number of rotatable bonds is 8. The number of aliphatic hydroxyl groups is 1. The number of ketones is 1. The zero-order chi connectivity index (χ0) is 11.0. The van der Waals surface area contributed by atoms with Crippen molar-refractivity contribution in [1.29, 1.82) is 0 Å². The van der Waals surface area contributed by atoms with Crippen molar-refractivity contribution >= 4 is 5.78 Å². The summed E-state index contributed by atoms with van der Waals surface area (Å²) < 4.78 is 0. The van der Waals surface area contributed by atoms with E-state index in [2.05, 4.69) is 13.2 Å². The molecule has 0 saturated carbocycles. The van der Waals surface area contributed by atoms with E-state index < -0.39 is 6.10 Å². The van der Waals surface area contributed by atoms with E-state index in [0.717, 1.165) is 12.8 Å². The van der Waals surface area contributed by atoms with E-state index >= 15 is 0 Å². The molecule has 0 aromatic heterocycles. The summed E-state index contributed by atoms with van der Waals surface area (Å²) in [7, 11) is 0. The van der Waals surface area contributed by atoms with Gasteiger partial charge < -0.3 is 5.11 Å². The summed E-state index contributed by atoms with van der Waals surface area (Å²) >= 11 is 0. The molecule has 80 valence electrons. The summed E-state index contributed by atoms with van der Waals surface area (Å²) in [6.45, 7) is 8.71. The minimum atomic E-state index is -0.537. The maximum atomic E-state index is 11.2. The molecule has 0 saturated heterocycles. The van der Waals surface area contributed by atoms with Crippen LogP contribution in [0.3, 0.4) is 0 Å². The average Bonchev–Trinajstić information content (AvgIpc) is 2.13. The van der Waals surface area contributed by atoms with E-state index in [4.69, 9.17) is 0 Å². The van der Waals surface area contributed by atoms with Crippen LogP contribution in [-0.2, 0) is 4.79 Å². The lowest BCUT2D eigenvalue weighted by atomic mass is 9.91. The summed E-state index contributed by atoms with van der Waals surface area (Å²) in [6.07, 6.45) is 5.95. The van der Waals surface area contributed by atoms with Crippen LogP contribution >= 0.6 is 0 Å². The van der Waals surface area contributed by atoms with Crippen molar-refractivity contribution < 1.29 is 9.90 Å². The monoisotopic (exact) mass is 196 g/mol. The Labute approximate surface area is 86.3 Å². The molecule has 0 spiro atoms. The molecule has 14 heavy (non-hydrogen) atoms. The van der Waals surface area contributed by atoms with Crippen LogP contribution in [-0.4, -0.2) is 17.0 Å². The van der Waals surface area contributed by atoms with Crippen molar-refractivity contribution in [2.45, 2.75) is 38.7 Å². The first-order valence-corrected chi connectivity index (χ1v) is 5.03. The smallest absolute Gasteiger partial charge is 0.135 e. The number of carbonyl (C=O) groups excluding carboxylic acids is 1. The first-order chi connectivity index (χ1) is 6.63. The normalized spacial score (nSPS) is 14.4. The Hall–Kier alpha value is -0.890. The number of hydrogen-bond donors (Lipinski definition) is 1. The van der Waals surface area contributed by atoms with Crippen LogP contribution in [0.1, 0.15) is 32.6 Å². The molecule has 1 N–H and O–H groups in total. The highest BCUT2D eigenvalue weighted by atomic mass is 16.3. The van der Waals surface area contributed by atoms with E-state index in [-0.39, 0.29) is 11.7 Å². The summed E-state index contributed by atoms with van der Waals surface area (Å²) in [6, 6.07) is 0. The van der Waals surface area contributed by atoms with Gasteiger partial charge in [-0.05, 0) is 32.6 Å². The fourth-order valence-corrected chi connectivity index (χ4v) is 1.45. The number of allylic oxidation sites excluding steroid dienone is 2. The van der Waals surface area contributed by atoms with Gasteiger partial charge in [0.1, 0.15) is 5.78 Å². The Balaban J connectivity index is 4.00. The number of unbranched alkanes of at least 4 members (excludes halogenated alkanes) is 1. The lowest BCUT2D eigenvalue weighted by Crippen LogP contribution is -2.26. The fraction of sp³-hybridized carbons (Fsp3) is 0.583. The van der Waals surface area contributed by atoms with Crippen LogP contribution < -0.4 is 0 Å². The van der Waals surface area contributed by atoms with Gasteiger partial charge in [0.05, 0.1) is 6.10 Å². The number of hydrogen-bond acceptors (Lipinski definition) is 2. The van der Waals surface area contributed by atoms with Crippen molar-refractivity contribution in [1.82, 2.24) is 0 Å². The predicted molar refractivity (Wildman–Crippen MR) is 59.0 cm³/mol. The van der Waals surface area contributed by atoms with Crippen LogP contribution in [0.2, 0.25) is 0 Å². The quantitative estimate of drug-likeness (QED) is 0.478. The third kappa shape index (κ3) is 4.97. The second kappa shape index (κ2) is 7.51. The van der Waals surface area contributed by atoms with Crippen LogP contribution in [0, 0.1) is 5.92 Å². The molecule has 0 rings (SSSR count). The molecule has 0 bridgehead atoms. The molecule has 0 amide bonds. The Morgan fingerprint density at radius 1 is 1.43 bits per heavy atom. The summed E-state index contributed by atoms with van der Waals surface area (Å²) in [4.78, 5) is 11.2. The van der Waals surface area contributed by atoms with Crippen LogP contribution in [0.5, 0.6) is 0 Å². The van der Waals surface area contributed by atoms with Gasteiger partial charge in [-0.15, -0.1) is 13.2 Å². The first-order valence-electron chi connectivity index (χ1n) is 5.03. The van der Waals surface area contributed by atoms with Crippen molar-refractivity contribution in [3.63, 3.8) is 0 Å². The molecule has 0 aliphatic heterocycles. The maximum absolute atomic E-state index is 11.2. The van der Waals surface area contributed by atoms with E-state index in [1.807, 2.05) is 6.08 Å². The van der Waals surface area contributed by atoms with Gasteiger partial charge in [0.15, 0.2) is 0 Å². The van der Waals surface area contributed by atoms with Crippen molar-refractivity contribution in [3.05, 3.63) is 25.3 Å². The average molecular weight is 196 g/mol. The van der Waals surface area contributed by atoms with Crippen LogP contribution in [0.15, 0.2) is 25.3 Å². The molecule has 2 nitrogen and oxygen atoms in total. The highest BCUT2D eigenvalue weighted by Gasteiger charge is 2.21. The number of Topliss-reactive ketones (excluding diaryl/α,β-unsaturated/α-hetero) is 1. The fourth-order valence-electron chi connectivity index (χ4n) is 1.45. The zero-order valence-electron chi connectivity index (χ0n) is 8.91. The third-order valence-electron chi connectivity index (χ3n) is 2.32. The Bertz CT molecular complexity index is 196. The third-order valence-corrected chi connectivity index (χ3v) is 2.32. The van der Waals surface area contributed by atoms with Crippen molar-refractivity contribution in [2.75, 3.05) is 0 Å². The standard InChI is InChI=1S/C12H20O2/c1-4-6-7-9-12(14)11(8-5-2)10(3)13/h4-5,11-12,14H,1-2,6-9H2,3H3. The Morgan fingerprint density at radius 3 is 2.50 bits per heavy atom. The topological polar surface area (TPSA) is 37.3 Å². The first kappa shape index (κ1) is 13.1. The molecule has 0 aromatic carbocycles. The maximum Gasteiger partial charge on any atom is 0.135 e. The number of aliphatic hydroxyl groups excluding tert-OH is 1. The van der Waals surface area contributed by atoms with Gasteiger partial charge >= 0.3 is 0 Å². The zero-order valence-corrected chi connectivity index (χ0v) is 8.91. The van der Waals surface area contributed by atoms with Crippen molar-refractivity contribution in [2.24, 2.45) is 5.92 Å². The molecule has 0 aromatic rings. The molecular weight excluding hydrogens is 176 g/mol. The minimum absolute atomic E-state index is 0.0380. The molecule has 0 fully saturated rings. The van der Waals surface area contributed by atoms with E-state index in [0.29, 0.717) is 12.8 Å². The van der Waals surface area contributed by atoms with Gasteiger partial charge in [0.2, 0.25) is 0 Å². The van der Waals surface area contributed by atoms with Gasteiger partial charge in [-0.1, -0.05) is 12.2 Å². The SMILES string of the molecule is C=CCCCC(O)C(CC=C)C(C)=O. The van der Waals surface area contributed by atoms with Gasteiger partial charge in [0.25, 0.3) is 0 Å². The van der Waals surface area contributed by atoms with Gasteiger partial charge in [-0.2, -0.15) is 0 Å². The van der Waals surface area contributed by atoms with E-state index in [9.17, 15) is 9.90 Å². The molecule has 2 heteroatoms. The second-order valence-electron chi connectivity index (χ2n) is 3.53. The largest absolute Gasteiger partial charge is 0.392 e. The lowest BCUT2D eigenvalue weighted by molar-refractivity contribution is -0.124. The lowest BCUT2D eigenvalue weighted by Gasteiger charge is -2.18. The molecule has 0 aliphatic rings. The molecule has 2 atom stereocenters. The van der Waals surface area contributed by atoms with Crippen LogP contribution in [0.4, 0.5) is 0 Å². The summed E-state index contributed by atoms with van der Waals surface area (Å²) in [5, 5.41) is 9.73. The highest BCUT2D eigenvalue weighted by molar-refractivity contribution is 5.79. The van der Waals surface area contributed by atoms with Gasteiger partial charge in [-0.25, -0.2) is 0 Å². The molecule has 0 aliphatic carbocycles.